The Balaban J connectivity index is 1.66. The summed E-state index contributed by atoms with van der Waals surface area (Å²) >= 11 is 3.36. The minimum absolute atomic E-state index is 0.173. The van der Waals surface area contributed by atoms with Crippen LogP contribution in [0.25, 0.3) is 0 Å². The van der Waals surface area contributed by atoms with Crippen molar-refractivity contribution in [1.29, 1.82) is 0 Å². The number of carbonyl (C=O) groups excluding carboxylic acids is 1. The van der Waals surface area contributed by atoms with Crippen molar-refractivity contribution in [2.75, 3.05) is 10.6 Å². The van der Waals surface area contributed by atoms with Gasteiger partial charge in [0.2, 0.25) is 10.0 Å². The van der Waals surface area contributed by atoms with Crippen LogP contribution in [0.4, 0.5) is 5.69 Å². The monoisotopic (exact) mass is 485 g/mol. The molecule has 6 nitrogen and oxygen atoms in total. The number of nitrogens with one attached hydrogen (secondary N) is 1. The van der Waals surface area contributed by atoms with Gasteiger partial charge in [-0.05, 0) is 47.5 Å². The van der Waals surface area contributed by atoms with Crippen LogP contribution < -0.4 is 9.73 Å². The first kappa shape index (κ1) is 21.7. The van der Waals surface area contributed by atoms with E-state index in [1.54, 1.807) is 54.7 Å². The molecule has 0 aromatic heterocycles. The molecule has 0 bridgehead atoms. The Morgan fingerprint density at radius 1 is 1.00 bits per heavy atom. The number of benzene rings is 3. The summed E-state index contributed by atoms with van der Waals surface area (Å²) in [7, 11) is -3.45. The van der Waals surface area contributed by atoms with Gasteiger partial charge in [-0.3, -0.25) is 9.10 Å². The van der Waals surface area contributed by atoms with Gasteiger partial charge in [-0.15, -0.1) is 0 Å². The maximum Gasteiger partial charge on any atom is 0.271 e. The molecule has 0 unspecified atom stereocenters. The second-order valence-corrected chi connectivity index (χ2v) is 9.38. The van der Waals surface area contributed by atoms with Crippen molar-refractivity contribution < 1.29 is 13.2 Å². The number of amides is 1. The van der Waals surface area contributed by atoms with E-state index >= 15 is 0 Å². The molecule has 0 radical (unpaired) electrons. The molecular weight excluding hydrogens is 466 g/mol. The number of hydrogen-bond acceptors (Lipinski definition) is 4. The van der Waals surface area contributed by atoms with Crippen LogP contribution >= 0.6 is 15.9 Å². The molecule has 0 saturated carbocycles. The summed E-state index contributed by atoms with van der Waals surface area (Å²) in [6, 6.07) is 23.2. The number of hydrazone groups is 1. The molecule has 154 valence electrons. The summed E-state index contributed by atoms with van der Waals surface area (Å²) in [5.74, 6) is -0.349. The first-order valence-corrected chi connectivity index (χ1v) is 11.7. The SMILES string of the molecule is CS(=O)(=O)N(Cc1ccc(C(=O)N/N=C/c2ccc(Br)cc2)cc1)c1ccccc1. The smallest absolute Gasteiger partial charge is 0.267 e. The maximum atomic E-state index is 12.3. The first-order valence-electron chi connectivity index (χ1n) is 9.03. The molecule has 0 aliphatic rings. The van der Waals surface area contributed by atoms with Crippen LogP contribution in [-0.2, 0) is 16.6 Å². The summed E-state index contributed by atoms with van der Waals surface area (Å²) in [6.45, 7) is 0.173. The highest BCUT2D eigenvalue weighted by Gasteiger charge is 2.17. The number of hydrogen-bond donors (Lipinski definition) is 1. The van der Waals surface area contributed by atoms with Gasteiger partial charge in [0.1, 0.15) is 0 Å². The summed E-state index contributed by atoms with van der Waals surface area (Å²) in [5, 5.41) is 3.96. The van der Waals surface area contributed by atoms with E-state index in [0.717, 1.165) is 15.6 Å². The second kappa shape index (κ2) is 9.69. The van der Waals surface area contributed by atoms with Gasteiger partial charge in [0.25, 0.3) is 5.91 Å². The Hall–Kier alpha value is -2.97. The molecule has 8 heteroatoms. The first-order chi connectivity index (χ1) is 14.3. The molecule has 1 N–H and O–H groups in total. The van der Waals surface area contributed by atoms with E-state index in [9.17, 15) is 13.2 Å². The zero-order valence-corrected chi connectivity index (χ0v) is 18.6. The van der Waals surface area contributed by atoms with E-state index in [4.69, 9.17) is 0 Å². The van der Waals surface area contributed by atoms with E-state index in [1.807, 2.05) is 30.3 Å². The fraction of sp³-hybridized carbons (Fsp3) is 0.0909. The van der Waals surface area contributed by atoms with Crippen LogP contribution in [0.5, 0.6) is 0 Å². The molecule has 0 spiro atoms. The third-order valence-corrected chi connectivity index (χ3v) is 5.91. The Bertz CT molecular complexity index is 1130. The highest BCUT2D eigenvalue weighted by atomic mass is 79.9. The molecule has 0 saturated heterocycles. The minimum atomic E-state index is -3.45. The van der Waals surface area contributed by atoms with Crippen molar-refractivity contribution in [1.82, 2.24) is 5.43 Å². The van der Waals surface area contributed by atoms with Crippen LogP contribution in [0, 0.1) is 0 Å². The van der Waals surface area contributed by atoms with Crippen molar-refractivity contribution in [3.8, 4) is 0 Å². The molecular formula is C22H20BrN3O3S. The lowest BCUT2D eigenvalue weighted by Crippen LogP contribution is -2.29. The van der Waals surface area contributed by atoms with Crippen LogP contribution in [0.15, 0.2) is 88.4 Å². The quantitative estimate of drug-likeness (QED) is 0.402. The number of para-hydroxylation sites is 1. The molecule has 30 heavy (non-hydrogen) atoms. The molecule has 0 aliphatic heterocycles. The van der Waals surface area contributed by atoms with Crippen molar-refractivity contribution in [2.24, 2.45) is 5.10 Å². The number of rotatable bonds is 7. The Morgan fingerprint density at radius 3 is 2.23 bits per heavy atom. The Kier molecular flexibility index (Phi) is 7.02. The summed E-state index contributed by atoms with van der Waals surface area (Å²) in [6.07, 6.45) is 2.73. The zero-order valence-electron chi connectivity index (χ0n) is 16.2. The van der Waals surface area contributed by atoms with Gasteiger partial charge in [-0.1, -0.05) is 58.4 Å². The third-order valence-electron chi connectivity index (χ3n) is 4.24. The van der Waals surface area contributed by atoms with Gasteiger partial charge >= 0.3 is 0 Å². The average molecular weight is 486 g/mol. The molecule has 0 atom stereocenters. The van der Waals surface area contributed by atoms with Gasteiger partial charge in [0.15, 0.2) is 0 Å². The number of anilines is 1. The normalized spacial score (nSPS) is 11.4. The molecule has 3 aromatic rings. The lowest BCUT2D eigenvalue weighted by atomic mass is 10.1. The van der Waals surface area contributed by atoms with E-state index in [1.165, 1.54) is 10.6 Å². The predicted molar refractivity (Wildman–Crippen MR) is 123 cm³/mol. The highest BCUT2D eigenvalue weighted by Crippen LogP contribution is 2.20. The number of sulfonamides is 1. The minimum Gasteiger partial charge on any atom is -0.267 e. The molecule has 0 aliphatic carbocycles. The van der Waals surface area contributed by atoms with Crippen LogP contribution in [0.3, 0.4) is 0 Å². The fourth-order valence-electron chi connectivity index (χ4n) is 2.70. The molecule has 0 fully saturated rings. The summed E-state index contributed by atoms with van der Waals surface area (Å²) < 4.78 is 26.7. The average Bonchev–Trinajstić information content (AvgIpc) is 2.73. The van der Waals surface area contributed by atoms with Crippen LogP contribution in [0.2, 0.25) is 0 Å². The highest BCUT2D eigenvalue weighted by molar-refractivity contribution is 9.10. The van der Waals surface area contributed by atoms with Gasteiger partial charge in [-0.25, -0.2) is 13.8 Å². The van der Waals surface area contributed by atoms with E-state index in [0.29, 0.717) is 11.3 Å². The van der Waals surface area contributed by atoms with Gasteiger partial charge in [0.05, 0.1) is 24.7 Å². The van der Waals surface area contributed by atoms with Crippen LogP contribution in [0.1, 0.15) is 21.5 Å². The molecule has 0 heterocycles. The standard InChI is InChI=1S/C22H20BrN3O3S/c1-30(28,29)26(21-5-3-2-4-6-21)16-18-7-11-19(12-8-18)22(27)25-24-15-17-9-13-20(23)14-10-17/h2-15H,16H2,1H3,(H,25,27)/b24-15+. The second-order valence-electron chi connectivity index (χ2n) is 6.55. The van der Waals surface area contributed by atoms with Gasteiger partial charge in [-0.2, -0.15) is 5.10 Å². The Morgan fingerprint density at radius 2 is 1.63 bits per heavy atom. The van der Waals surface area contributed by atoms with E-state index < -0.39 is 10.0 Å². The largest absolute Gasteiger partial charge is 0.271 e. The predicted octanol–water partition coefficient (Wildman–Crippen LogP) is 4.18. The lowest BCUT2D eigenvalue weighted by Gasteiger charge is -2.22. The van der Waals surface area contributed by atoms with Crippen LogP contribution in [-0.4, -0.2) is 26.8 Å². The Labute approximate surface area is 184 Å². The molecule has 1 amide bonds. The molecule has 3 rings (SSSR count). The van der Waals surface area contributed by atoms with Crippen molar-refractivity contribution in [3.05, 3.63) is 100 Å². The zero-order chi connectivity index (χ0) is 21.6. The molecule has 3 aromatic carbocycles. The third kappa shape index (κ3) is 6.01. The summed E-state index contributed by atoms with van der Waals surface area (Å²) in [4.78, 5) is 12.3. The fourth-order valence-corrected chi connectivity index (χ4v) is 3.85. The van der Waals surface area contributed by atoms with E-state index in [-0.39, 0.29) is 12.5 Å². The topological polar surface area (TPSA) is 78.8 Å². The number of nitrogens with zero attached hydrogens (tertiary/aromatic N) is 2. The number of carbonyl (C=O) groups is 1. The van der Waals surface area contributed by atoms with Crippen molar-refractivity contribution in [2.45, 2.75) is 6.54 Å². The summed E-state index contributed by atoms with van der Waals surface area (Å²) in [5.41, 5.74) is 5.12. The van der Waals surface area contributed by atoms with Gasteiger partial charge < -0.3 is 0 Å². The van der Waals surface area contributed by atoms with E-state index in [2.05, 4.69) is 26.5 Å². The van der Waals surface area contributed by atoms with Crippen molar-refractivity contribution >= 4 is 43.8 Å². The lowest BCUT2D eigenvalue weighted by molar-refractivity contribution is 0.0955. The van der Waals surface area contributed by atoms with Crippen molar-refractivity contribution in [3.63, 3.8) is 0 Å². The maximum absolute atomic E-state index is 12.3. The van der Waals surface area contributed by atoms with Gasteiger partial charge in [0, 0.05) is 10.0 Å². The number of halogens is 1.